The van der Waals surface area contributed by atoms with Gasteiger partial charge in [-0.2, -0.15) is 5.26 Å². The number of nitriles is 1. The van der Waals surface area contributed by atoms with Crippen molar-refractivity contribution in [1.82, 2.24) is 0 Å². The summed E-state index contributed by atoms with van der Waals surface area (Å²) in [5.41, 5.74) is 7.91. The fourth-order valence-electron chi connectivity index (χ4n) is 2.82. The summed E-state index contributed by atoms with van der Waals surface area (Å²) in [4.78, 5) is 11.7. The molecule has 0 aliphatic carbocycles. The third-order valence-corrected chi connectivity index (χ3v) is 3.60. The number of rotatable bonds is 1. The number of benzene rings is 1. The van der Waals surface area contributed by atoms with Gasteiger partial charge in [0.1, 0.15) is 23.1 Å². The summed E-state index contributed by atoms with van der Waals surface area (Å²) in [6, 6.07) is 2.19. The Kier molecular flexibility index (Phi) is 2.79. The maximum atomic E-state index is 11.7. The van der Waals surface area contributed by atoms with Gasteiger partial charge in [-0.3, -0.25) is 4.79 Å². The second kappa shape index (κ2) is 4.47. The molecule has 0 saturated heterocycles. The van der Waals surface area contributed by atoms with Gasteiger partial charge in [0.25, 0.3) is 5.91 Å². The first-order valence-corrected chi connectivity index (χ1v) is 6.41. The Morgan fingerprint density at radius 1 is 1.11 bits per heavy atom. The highest BCUT2D eigenvalue weighted by molar-refractivity contribution is 5.99. The van der Waals surface area contributed by atoms with Gasteiger partial charge in [0.05, 0.1) is 18.8 Å². The van der Waals surface area contributed by atoms with Gasteiger partial charge >= 0.3 is 0 Å². The lowest BCUT2D eigenvalue weighted by Crippen LogP contribution is -2.24. The molecular formula is C14H14N2O3. The average Bonchev–Trinajstić information content (AvgIpc) is 2.44. The topological polar surface area (TPSA) is 85.3 Å². The van der Waals surface area contributed by atoms with Gasteiger partial charge < -0.3 is 15.2 Å². The standard InChI is InChI=1S/C14H14N2O3/c15-7-10-8-3-1-6-19-13(8)11(14(16)17)9-4-2-5-18-12(9)10/h1-6H2,(H2,16,17). The Bertz CT molecular complexity index is 565. The molecule has 0 atom stereocenters. The SMILES string of the molecule is N#Cc1c2c(c(C(N)=O)c3c1OCCC3)OCCC2. The minimum atomic E-state index is -0.510. The first-order valence-electron chi connectivity index (χ1n) is 6.41. The van der Waals surface area contributed by atoms with Gasteiger partial charge in [-0.05, 0) is 25.7 Å². The molecule has 0 saturated carbocycles. The molecule has 2 heterocycles. The van der Waals surface area contributed by atoms with E-state index in [2.05, 4.69) is 6.07 Å². The molecule has 3 rings (SSSR count). The molecule has 2 aliphatic heterocycles. The van der Waals surface area contributed by atoms with Crippen LogP contribution in [-0.4, -0.2) is 19.1 Å². The molecule has 0 fully saturated rings. The van der Waals surface area contributed by atoms with Crippen LogP contribution in [0.1, 0.15) is 39.9 Å². The summed E-state index contributed by atoms with van der Waals surface area (Å²) in [6.45, 7) is 1.12. The van der Waals surface area contributed by atoms with E-state index in [0.717, 1.165) is 30.4 Å². The van der Waals surface area contributed by atoms with E-state index in [0.29, 0.717) is 42.3 Å². The number of nitrogens with two attached hydrogens (primary N) is 1. The predicted molar refractivity (Wildman–Crippen MR) is 67.3 cm³/mol. The highest BCUT2D eigenvalue weighted by atomic mass is 16.5. The molecule has 0 spiro atoms. The summed E-state index contributed by atoms with van der Waals surface area (Å²) >= 11 is 0. The predicted octanol–water partition coefficient (Wildman–Crippen LogP) is 1.31. The molecule has 98 valence electrons. The minimum Gasteiger partial charge on any atom is -0.492 e. The largest absolute Gasteiger partial charge is 0.492 e. The van der Waals surface area contributed by atoms with E-state index in [1.54, 1.807) is 0 Å². The van der Waals surface area contributed by atoms with Crippen molar-refractivity contribution in [3.05, 3.63) is 22.3 Å². The van der Waals surface area contributed by atoms with Crippen LogP contribution < -0.4 is 15.2 Å². The van der Waals surface area contributed by atoms with E-state index in [1.165, 1.54) is 0 Å². The number of carbonyl (C=O) groups excluding carboxylic acids is 1. The summed E-state index contributed by atoms with van der Waals surface area (Å²) < 4.78 is 11.2. The smallest absolute Gasteiger partial charge is 0.252 e. The first-order chi connectivity index (χ1) is 9.24. The Morgan fingerprint density at radius 2 is 1.74 bits per heavy atom. The lowest BCUT2D eigenvalue weighted by Gasteiger charge is -2.27. The van der Waals surface area contributed by atoms with Crippen LogP contribution in [0.15, 0.2) is 0 Å². The van der Waals surface area contributed by atoms with Gasteiger partial charge in [0.15, 0.2) is 0 Å². The number of ether oxygens (including phenoxy) is 2. The van der Waals surface area contributed by atoms with Gasteiger partial charge in [-0.25, -0.2) is 0 Å². The Hall–Kier alpha value is -2.22. The van der Waals surface area contributed by atoms with Crippen molar-refractivity contribution in [1.29, 1.82) is 5.26 Å². The molecule has 2 aliphatic rings. The third kappa shape index (κ3) is 1.72. The zero-order valence-corrected chi connectivity index (χ0v) is 10.5. The maximum Gasteiger partial charge on any atom is 0.252 e. The van der Waals surface area contributed by atoms with Crippen LogP contribution in [0.3, 0.4) is 0 Å². The second-order valence-electron chi connectivity index (χ2n) is 4.75. The quantitative estimate of drug-likeness (QED) is 0.822. The minimum absolute atomic E-state index is 0.406. The van der Waals surface area contributed by atoms with Crippen LogP contribution in [0.25, 0.3) is 0 Å². The number of primary amides is 1. The number of fused-ring (bicyclic) bond motifs is 2. The molecule has 1 aromatic carbocycles. The van der Waals surface area contributed by atoms with E-state index < -0.39 is 5.91 Å². The number of amides is 1. The molecule has 1 aromatic rings. The highest BCUT2D eigenvalue weighted by Gasteiger charge is 2.31. The van der Waals surface area contributed by atoms with Gasteiger partial charge in [0, 0.05) is 11.1 Å². The molecule has 2 N–H and O–H groups in total. The lowest BCUT2D eigenvalue weighted by atomic mass is 9.89. The number of hydrogen-bond donors (Lipinski definition) is 1. The summed E-state index contributed by atoms with van der Waals surface area (Å²) in [7, 11) is 0. The maximum absolute atomic E-state index is 11.7. The Morgan fingerprint density at radius 3 is 2.37 bits per heavy atom. The van der Waals surface area contributed by atoms with Crippen LogP contribution in [0.5, 0.6) is 11.5 Å². The molecule has 5 nitrogen and oxygen atoms in total. The van der Waals surface area contributed by atoms with Crippen molar-refractivity contribution in [2.45, 2.75) is 25.7 Å². The van der Waals surface area contributed by atoms with Gasteiger partial charge in [-0.1, -0.05) is 0 Å². The van der Waals surface area contributed by atoms with Crippen molar-refractivity contribution < 1.29 is 14.3 Å². The summed E-state index contributed by atoms with van der Waals surface area (Å²) in [5, 5.41) is 9.38. The van der Waals surface area contributed by atoms with E-state index in [4.69, 9.17) is 15.2 Å². The molecule has 19 heavy (non-hydrogen) atoms. The van der Waals surface area contributed by atoms with Crippen molar-refractivity contribution in [2.75, 3.05) is 13.2 Å². The number of hydrogen-bond acceptors (Lipinski definition) is 4. The Labute approximate surface area is 110 Å². The van der Waals surface area contributed by atoms with Crippen molar-refractivity contribution >= 4 is 5.91 Å². The zero-order chi connectivity index (χ0) is 13.4. The fraction of sp³-hybridized carbons (Fsp3) is 0.429. The van der Waals surface area contributed by atoms with E-state index in [1.807, 2.05) is 0 Å². The van der Waals surface area contributed by atoms with Gasteiger partial charge in [-0.15, -0.1) is 0 Å². The number of carbonyl (C=O) groups is 1. The van der Waals surface area contributed by atoms with Crippen LogP contribution in [0.2, 0.25) is 0 Å². The zero-order valence-electron chi connectivity index (χ0n) is 10.5. The fourth-order valence-corrected chi connectivity index (χ4v) is 2.82. The van der Waals surface area contributed by atoms with Crippen LogP contribution in [0, 0.1) is 11.3 Å². The lowest BCUT2D eigenvalue weighted by molar-refractivity contribution is 0.0992. The second-order valence-corrected chi connectivity index (χ2v) is 4.75. The third-order valence-electron chi connectivity index (χ3n) is 3.60. The molecule has 0 unspecified atom stereocenters. The van der Waals surface area contributed by atoms with Gasteiger partial charge in [0.2, 0.25) is 0 Å². The Balaban J connectivity index is 2.36. The molecule has 5 heteroatoms. The molecular weight excluding hydrogens is 244 g/mol. The summed E-state index contributed by atoms with van der Waals surface area (Å²) in [5.74, 6) is 0.524. The molecule has 1 amide bonds. The van der Waals surface area contributed by atoms with Crippen LogP contribution in [0.4, 0.5) is 0 Å². The molecule has 0 aromatic heterocycles. The molecule has 0 bridgehead atoms. The van der Waals surface area contributed by atoms with Crippen LogP contribution >= 0.6 is 0 Å². The van der Waals surface area contributed by atoms with Crippen molar-refractivity contribution in [3.63, 3.8) is 0 Å². The van der Waals surface area contributed by atoms with Crippen LogP contribution in [-0.2, 0) is 12.8 Å². The van der Waals surface area contributed by atoms with E-state index in [-0.39, 0.29) is 0 Å². The van der Waals surface area contributed by atoms with E-state index >= 15 is 0 Å². The number of nitrogens with zero attached hydrogens (tertiary/aromatic N) is 1. The average molecular weight is 258 g/mol. The van der Waals surface area contributed by atoms with Crippen molar-refractivity contribution in [3.8, 4) is 17.6 Å². The summed E-state index contributed by atoms with van der Waals surface area (Å²) in [6.07, 6.45) is 3.06. The van der Waals surface area contributed by atoms with E-state index in [9.17, 15) is 10.1 Å². The highest BCUT2D eigenvalue weighted by Crippen LogP contribution is 2.42. The monoisotopic (exact) mass is 258 g/mol. The normalized spacial score (nSPS) is 16.4. The molecule has 0 radical (unpaired) electrons. The first kappa shape index (κ1) is 11.8. The van der Waals surface area contributed by atoms with Crippen molar-refractivity contribution in [2.24, 2.45) is 5.73 Å².